The average molecular weight is 382 g/mol. The lowest BCUT2D eigenvalue weighted by Gasteiger charge is -2.21. The number of hydrogen-bond acceptors (Lipinski definition) is 4. The molecule has 2 aromatic heterocycles. The molecule has 110 valence electrons. The van der Waals surface area contributed by atoms with Gasteiger partial charge in [0, 0.05) is 19.3 Å². The molecule has 2 heterocycles. The number of anilines is 1. The maximum Gasteiger partial charge on any atom is 0.139 e. The highest BCUT2D eigenvalue weighted by atomic mass is 79.9. The minimum Gasteiger partial charge on any atom is -0.389 e. The molecule has 0 amide bonds. The van der Waals surface area contributed by atoms with Crippen molar-refractivity contribution < 1.29 is 0 Å². The van der Waals surface area contributed by atoms with E-state index in [1.54, 1.807) is 11.3 Å². The summed E-state index contributed by atoms with van der Waals surface area (Å²) < 4.78 is 1.14. The van der Waals surface area contributed by atoms with Gasteiger partial charge in [0.1, 0.15) is 10.8 Å². The van der Waals surface area contributed by atoms with Crippen LogP contribution in [-0.2, 0) is 19.4 Å². The summed E-state index contributed by atoms with van der Waals surface area (Å²) >= 11 is 10.4. The summed E-state index contributed by atoms with van der Waals surface area (Å²) in [4.78, 5) is 7.38. The van der Waals surface area contributed by atoms with Gasteiger partial charge in [-0.1, -0.05) is 12.2 Å². The van der Waals surface area contributed by atoms with Gasteiger partial charge in [-0.05, 0) is 63.8 Å². The molecule has 1 aliphatic carbocycles. The summed E-state index contributed by atoms with van der Waals surface area (Å²) in [7, 11) is 2.04. The average Bonchev–Trinajstić information content (AvgIpc) is 3.05. The van der Waals surface area contributed by atoms with E-state index in [1.165, 1.54) is 23.2 Å². The second kappa shape index (κ2) is 6.02. The minimum atomic E-state index is 0.422. The Labute approximate surface area is 142 Å². The maximum atomic E-state index is 5.90. The van der Waals surface area contributed by atoms with E-state index in [0.717, 1.165) is 34.6 Å². The summed E-state index contributed by atoms with van der Waals surface area (Å²) in [5.74, 6) is 0.894. The number of fused-ring (bicyclic) bond motifs is 1. The fourth-order valence-corrected chi connectivity index (χ4v) is 4.06. The van der Waals surface area contributed by atoms with E-state index in [9.17, 15) is 0 Å². The number of aryl methyl sites for hydroxylation is 2. The van der Waals surface area contributed by atoms with Crippen LogP contribution in [-0.4, -0.2) is 17.0 Å². The molecule has 0 spiro atoms. The van der Waals surface area contributed by atoms with Crippen molar-refractivity contribution in [3.63, 3.8) is 0 Å². The summed E-state index contributed by atoms with van der Waals surface area (Å²) in [6.45, 7) is 0.795. The van der Waals surface area contributed by atoms with Gasteiger partial charge >= 0.3 is 0 Å². The van der Waals surface area contributed by atoms with Gasteiger partial charge in [0.2, 0.25) is 0 Å². The van der Waals surface area contributed by atoms with Gasteiger partial charge in [-0.15, -0.1) is 11.3 Å². The van der Waals surface area contributed by atoms with Gasteiger partial charge in [-0.3, -0.25) is 0 Å². The topological polar surface area (TPSA) is 42.2 Å². The number of rotatable bonds is 4. The third-order valence-electron chi connectivity index (χ3n) is 3.70. The molecule has 0 saturated heterocycles. The van der Waals surface area contributed by atoms with E-state index in [-0.39, 0.29) is 0 Å². The molecular formula is C15H16BrN3S2. The number of nitrogens with zero attached hydrogens (tertiary/aromatic N) is 2. The van der Waals surface area contributed by atoms with Crippen LogP contribution in [0.25, 0.3) is 0 Å². The molecule has 3 rings (SSSR count). The van der Waals surface area contributed by atoms with Crippen LogP contribution in [0.5, 0.6) is 0 Å². The molecular weight excluding hydrogens is 366 g/mol. The number of thiophene rings is 1. The third-order valence-corrected chi connectivity index (χ3v) is 5.47. The Morgan fingerprint density at radius 3 is 2.95 bits per heavy atom. The van der Waals surface area contributed by atoms with E-state index >= 15 is 0 Å². The maximum absolute atomic E-state index is 5.90. The molecule has 2 aromatic rings. The van der Waals surface area contributed by atoms with Crippen LogP contribution in [0, 0.1) is 0 Å². The van der Waals surface area contributed by atoms with Gasteiger partial charge < -0.3 is 10.6 Å². The normalized spacial score (nSPS) is 13.2. The number of hydrogen-bond donors (Lipinski definition) is 1. The van der Waals surface area contributed by atoms with Crippen LogP contribution in [0.2, 0.25) is 0 Å². The van der Waals surface area contributed by atoms with Gasteiger partial charge in [0.25, 0.3) is 0 Å². The van der Waals surface area contributed by atoms with E-state index < -0.39 is 0 Å². The zero-order chi connectivity index (χ0) is 15.0. The monoisotopic (exact) mass is 381 g/mol. The SMILES string of the molecule is CN(Cc1csc(Br)c1)c1nc2c(cc1C(N)=S)CCC2. The molecule has 0 unspecified atom stereocenters. The highest BCUT2D eigenvalue weighted by Crippen LogP contribution is 2.28. The Morgan fingerprint density at radius 1 is 1.48 bits per heavy atom. The molecule has 0 aliphatic heterocycles. The predicted molar refractivity (Wildman–Crippen MR) is 96.3 cm³/mol. The first-order valence-electron chi connectivity index (χ1n) is 6.81. The zero-order valence-corrected chi connectivity index (χ0v) is 14.9. The van der Waals surface area contributed by atoms with E-state index in [4.69, 9.17) is 22.9 Å². The molecule has 1 aliphatic rings. The van der Waals surface area contributed by atoms with E-state index in [1.807, 2.05) is 7.05 Å². The third kappa shape index (κ3) is 3.12. The number of thiocarbonyl (C=S) groups is 1. The lowest BCUT2D eigenvalue weighted by molar-refractivity contribution is 0.874. The molecule has 0 saturated carbocycles. The molecule has 0 radical (unpaired) electrons. The fourth-order valence-electron chi connectivity index (χ4n) is 2.71. The number of nitrogens with two attached hydrogens (primary N) is 1. The van der Waals surface area contributed by atoms with Crippen LogP contribution in [0.15, 0.2) is 21.3 Å². The largest absolute Gasteiger partial charge is 0.389 e. The number of pyridine rings is 1. The first-order chi connectivity index (χ1) is 10.0. The minimum absolute atomic E-state index is 0.422. The second-order valence-electron chi connectivity index (χ2n) is 5.30. The van der Waals surface area contributed by atoms with E-state index in [2.05, 4.69) is 38.3 Å². The molecule has 0 bridgehead atoms. The fraction of sp³-hybridized carbons (Fsp3) is 0.333. The van der Waals surface area contributed by atoms with Crippen molar-refractivity contribution in [1.29, 1.82) is 0 Å². The summed E-state index contributed by atoms with van der Waals surface area (Å²) in [6.07, 6.45) is 3.31. The van der Waals surface area contributed by atoms with Crippen LogP contribution >= 0.6 is 39.5 Å². The Hall–Kier alpha value is -0.980. The molecule has 2 N–H and O–H groups in total. The van der Waals surface area contributed by atoms with Crippen molar-refractivity contribution >= 4 is 50.3 Å². The second-order valence-corrected chi connectivity index (χ2v) is 8.03. The molecule has 6 heteroatoms. The van der Waals surface area contributed by atoms with Gasteiger partial charge in [0.05, 0.1) is 9.35 Å². The van der Waals surface area contributed by atoms with Crippen LogP contribution in [0.1, 0.15) is 28.8 Å². The standard InChI is InChI=1S/C15H16BrN3S2/c1-19(7-9-5-13(16)21-8-9)15-11(14(17)20)6-10-3-2-4-12(10)18-15/h5-6,8H,2-4,7H2,1H3,(H2,17,20). The highest BCUT2D eigenvalue weighted by molar-refractivity contribution is 9.11. The summed E-state index contributed by atoms with van der Waals surface area (Å²) in [5, 5.41) is 2.15. The van der Waals surface area contributed by atoms with Crippen molar-refractivity contribution in [1.82, 2.24) is 4.98 Å². The predicted octanol–water partition coefficient (Wildman–Crippen LogP) is 3.66. The smallest absolute Gasteiger partial charge is 0.139 e. The van der Waals surface area contributed by atoms with Crippen molar-refractivity contribution in [2.75, 3.05) is 11.9 Å². The van der Waals surface area contributed by atoms with Crippen molar-refractivity contribution in [3.8, 4) is 0 Å². The molecule has 0 atom stereocenters. The number of aromatic nitrogens is 1. The molecule has 0 fully saturated rings. The quantitative estimate of drug-likeness (QED) is 0.820. The van der Waals surface area contributed by atoms with Crippen molar-refractivity contribution in [2.45, 2.75) is 25.8 Å². The highest BCUT2D eigenvalue weighted by Gasteiger charge is 2.20. The van der Waals surface area contributed by atoms with Gasteiger partial charge in [-0.25, -0.2) is 4.98 Å². The Morgan fingerprint density at radius 2 is 2.29 bits per heavy atom. The summed E-state index contributed by atoms with van der Waals surface area (Å²) in [5.41, 5.74) is 10.5. The zero-order valence-electron chi connectivity index (χ0n) is 11.7. The van der Waals surface area contributed by atoms with E-state index in [0.29, 0.717) is 4.99 Å². The van der Waals surface area contributed by atoms with Gasteiger partial charge in [-0.2, -0.15) is 0 Å². The Bertz CT molecular complexity index is 696. The lowest BCUT2D eigenvalue weighted by Crippen LogP contribution is -2.23. The van der Waals surface area contributed by atoms with Crippen molar-refractivity contribution in [3.05, 3.63) is 43.7 Å². The van der Waals surface area contributed by atoms with Crippen LogP contribution in [0.3, 0.4) is 0 Å². The van der Waals surface area contributed by atoms with Gasteiger partial charge in [0.15, 0.2) is 0 Å². The molecule has 3 nitrogen and oxygen atoms in total. The Balaban J connectivity index is 1.94. The molecule has 0 aromatic carbocycles. The van der Waals surface area contributed by atoms with Crippen LogP contribution < -0.4 is 10.6 Å². The Kier molecular flexibility index (Phi) is 4.28. The molecule has 21 heavy (non-hydrogen) atoms. The van der Waals surface area contributed by atoms with Crippen molar-refractivity contribution in [2.24, 2.45) is 5.73 Å². The summed E-state index contributed by atoms with van der Waals surface area (Å²) in [6, 6.07) is 4.27. The van der Waals surface area contributed by atoms with Crippen LogP contribution in [0.4, 0.5) is 5.82 Å². The lowest BCUT2D eigenvalue weighted by atomic mass is 10.1. The first kappa shape index (κ1) is 14.9. The number of halogens is 1. The first-order valence-corrected chi connectivity index (χ1v) is 8.89.